The van der Waals surface area contributed by atoms with Crippen LogP contribution in [0.5, 0.6) is 0 Å². The number of nitrogens with two attached hydrogens (primary N) is 1. The van der Waals surface area contributed by atoms with E-state index in [-0.39, 0.29) is 5.91 Å². The van der Waals surface area contributed by atoms with Crippen LogP contribution in [0.4, 0.5) is 11.4 Å². The lowest BCUT2D eigenvalue weighted by atomic mass is 10.2. The quantitative estimate of drug-likeness (QED) is 0.904. The molecular weight excluding hydrogens is 250 g/mol. The predicted octanol–water partition coefficient (Wildman–Crippen LogP) is 2.59. The summed E-state index contributed by atoms with van der Waals surface area (Å²) in [6.07, 6.45) is 3.10. The van der Waals surface area contributed by atoms with Crippen molar-refractivity contribution >= 4 is 28.9 Å². The van der Waals surface area contributed by atoms with Gasteiger partial charge in [0, 0.05) is 23.8 Å². The molecule has 18 heavy (non-hydrogen) atoms. The van der Waals surface area contributed by atoms with E-state index in [4.69, 9.17) is 17.3 Å². The van der Waals surface area contributed by atoms with Gasteiger partial charge in [0.1, 0.15) is 0 Å². The number of nitrogens with zero attached hydrogens (tertiary/aromatic N) is 2. The summed E-state index contributed by atoms with van der Waals surface area (Å²) < 4.78 is 0. The zero-order valence-corrected chi connectivity index (χ0v) is 10.6. The normalized spacial score (nSPS) is 10.1. The number of pyridine rings is 1. The molecule has 1 amide bonds. The molecule has 0 unspecified atom stereocenters. The average Bonchev–Trinajstić information content (AvgIpc) is 2.37. The minimum Gasteiger partial charge on any atom is -0.396 e. The Kier molecular flexibility index (Phi) is 3.48. The highest BCUT2D eigenvalue weighted by atomic mass is 35.5. The van der Waals surface area contributed by atoms with Gasteiger partial charge in [-0.05, 0) is 24.3 Å². The topological polar surface area (TPSA) is 59.2 Å². The molecule has 0 saturated heterocycles. The highest BCUT2D eigenvalue weighted by Gasteiger charge is 2.15. The Hall–Kier alpha value is -2.07. The summed E-state index contributed by atoms with van der Waals surface area (Å²) >= 11 is 5.87. The molecule has 5 heteroatoms. The fraction of sp³-hybridized carbons (Fsp3) is 0.0769. The molecule has 2 N–H and O–H groups in total. The van der Waals surface area contributed by atoms with Crippen molar-refractivity contribution < 1.29 is 4.79 Å². The minimum absolute atomic E-state index is 0.171. The van der Waals surface area contributed by atoms with Gasteiger partial charge in [0.15, 0.2) is 0 Å². The maximum Gasteiger partial charge on any atom is 0.258 e. The first-order chi connectivity index (χ1) is 8.59. The van der Waals surface area contributed by atoms with Crippen LogP contribution in [0.15, 0.2) is 42.7 Å². The van der Waals surface area contributed by atoms with Crippen molar-refractivity contribution in [2.75, 3.05) is 17.7 Å². The third-order valence-electron chi connectivity index (χ3n) is 2.57. The molecule has 0 aliphatic heterocycles. The summed E-state index contributed by atoms with van der Waals surface area (Å²) in [7, 11) is 1.66. The summed E-state index contributed by atoms with van der Waals surface area (Å²) in [6.45, 7) is 0. The Morgan fingerprint density at radius 2 is 2.17 bits per heavy atom. The molecule has 0 radical (unpaired) electrons. The number of anilines is 2. The molecule has 0 aliphatic carbocycles. The van der Waals surface area contributed by atoms with Crippen LogP contribution < -0.4 is 10.6 Å². The molecule has 1 aromatic carbocycles. The Bertz CT molecular complexity index is 586. The highest BCUT2D eigenvalue weighted by molar-refractivity contribution is 6.31. The van der Waals surface area contributed by atoms with Crippen molar-refractivity contribution in [3.05, 3.63) is 53.3 Å². The van der Waals surface area contributed by atoms with Gasteiger partial charge >= 0.3 is 0 Å². The molecule has 0 spiro atoms. The van der Waals surface area contributed by atoms with E-state index in [1.165, 1.54) is 11.1 Å². The van der Waals surface area contributed by atoms with Crippen molar-refractivity contribution in [2.45, 2.75) is 0 Å². The number of hydrogen-bond donors (Lipinski definition) is 1. The molecule has 0 saturated carbocycles. The first-order valence-electron chi connectivity index (χ1n) is 5.32. The van der Waals surface area contributed by atoms with Crippen molar-refractivity contribution in [3.63, 3.8) is 0 Å². The number of carbonyl (C=O) groups is 1. The predicted molar refractivity (Wildman–Crippen MR) is 72.8 cm³/mol. The zero-order valence-electron chi connectivity index (χ0n) is 9.80. The molecule has 0 fully saturated rings. The summed E-state index contributed by atoms with van der Waals surface area (Å²) in [5.74, 6) is -0.171. The molecule has 2 aromatic rings. The number of hydrogen-bond acceptors (Lipinski definition) is 3. The lowest BCUT2D eigenvalue weighted by Crippen LogP contribution is -2.27. The third kappa shape index (κ3) is 2.43. The van der Waals surface area contributed by atoms with Crippen molar-refractivity contribution in [3.8, 4) is 0 Å². The van der Waals surface area contributed by atoms with E-state index in [0.717, 1.165) is 0 Å². The van der Waals surface area contributed by atoms with Crippen LogP contribution in [0.2, 0.25) is 5.02 Å². The van der Waals surface area contributed by atoms with Gasteiger partial charge in [-0.1, -0.05) is 17.7 Å². The largest absolute Gasteiger partial charge is 0.396 e. The monoisotopic (exact) mass is 261 g/mol. The maximum absolute atomic E-state index is 12.2. The van der Waals surface area contributed by atoms with Crippen LogP contribution in [0.3, 0.4) is 0 Å². The molecule has 2 rings (SSSR count). The smallest absolute Gasteiger partial charge is 0.258 e. The molecule has 1 heterocycles. The number of aromatic nitrogens is 1. The Balaban J connectivity index is 2.32. The number of carbonyl (C=O) groups excluding carboxylic acids is 1. The summed E-state index contributed by atoms with van der Waals surface area (Å²) in [4.78, 5) is 17.6. The summed E-state index contributed by atoms with van der Waals surface area (Å²) in [5.41, 5.74) is 7.37. The number of halogens is 1. The van der Waals surface area contributed by atoms with E-state index in [2.05, 4.69) is 4.98 Å². The van der Waals surface area contributed by atoms with Gasteiger partial charge in [-0.15, -0.1) is 0 Å². The SMILES string of the molecule is CN(C(=O)c1cccc(Cl)c1)c1ccncc1N. The molecule has 1 aromatic heterocycles. The number of benzene rings is 1. The fourth-order valence-corrected chi connectivity index (χ4v) is 1.82. The van der Waals surface area contributed by atoms with Crippen molar-refractivity contribution in [1.29, 1.82) is 0 Å². The van der Waals surface area contributed by atoms with E-state index in [0.29, 0.717) is 22.0 Å². The van der Waals surface area contributed by atoms with Gasteiger partial charge in [0.05, 0.1) is 17.6 Å². The van der Waals surface area contributed by atoms with Gasteiger partial charge in [-0.25, -0.2) is 0 Å². The Morgan fingerprint density at radius 1 is 1.39 bits per heavy atom. The van der Waals surface area contributed by atoms with Crippen LogP contribution >= 0.6 is 11.6 Å². The summed E-state index contributed by atoms with van der Waals surface area (Å²) in [5, 5.41) is 0.525. The van der Waals surface area contributed by atoms with E-state index in [1.807, 2.05) is 0 Å². The minimum atomic E-state index is -0.171. The van der Waals surface area contributed by atoms with E-state index >= 15 is 0 Å². The average molecular weight is 262 g/mol. The van der Waals surface area contributed by atoms with Crippen LogP contribution in [0.1, 0.15) is 10.4 Å². The molecule has 0 bridgehead atoms. The molecule has 92 valence electrons. The first-order valence-corrected chi connectivity index (χ1v) is 5.70. The van der Waals surface area contributed by atoms with Gasteiger partial charge in [-0.3, -0.25) is 9.78 Å². The first kappa shape index (κ1) is 12.4. The number of rotatable bonds is 2. The van der Waals surface area contributed by atoms with E-state index < -0.39 is 0 Å². The van der Waals surface area contributed by atoms with Gasteiger partial charge in [0.25, 0.3) is 5.91 Å². The van der Waals surface area contributed by atoms with Crippen LogP contribution in [-0.4, -0.2) is 17.9 Å². The van der Waals surface area contributed by atoms with E-state index in [1.54, 1.807) is 43.6 Å². The van der Waals surface area contributed by atoms with E-state index in [9.17, 15) is 4.79 Å². The Morgan fingerprint density at radius 3 is 2.83 bits per heavy atom. The second kappa shape index (κ2) is 5.06. The second-order valence-electron chi connectivity index (χ2n) is 3.81. The molecule has 0 atom stereocenters. The van der Waals surface area contributed by atoms with Gasteiger partial charge in [-0.2, -0.15) is 0 Å². The van der Waals surface area contributed by atoms with Crippen LogP contribution in [0.25, 0.3) is 0 Å². The molecular formula is C13H12ClN3O. The van der Waals surface area contributed by atoms with Crippen molar-refractivity contribution in [2.24, 2.45) is 0 Å². The number of nitrogen functional groups attached to an aromatic ring is 1. The second-order valence-corrected chi connectivity index (χ2v) is 4.25. The van der Waals surface area contributed by atoms with Gasteiger partial charge < -0.3 is 10.6 Å². The number of amides is 1. The van der Waals surface area contributed by atoms with Crippen LogP contribution in [0, 0.1) is 0 Å². The highest BCUT2D eigenvalue weighted by Crippen LogP contribution is 2.22. The summed E-state index contributed by atoms with van der Waals surface area (Å²) in [6, 6.07) is 8.48. The fourth-order valence-electron chi connectivity index (χ4n) is 1.63. The lowest BCUT2D eigenvalue weighted by Gasteiger charge is -2.18. The maximum atomic E-state index is 12.2. The molecule has 4 nitrogen and oxygen atoms in total. The van der Waals surface area contributed by atoms with Gasteiger partial charge in [0.2, 0.25) is 0 Å². The third-order valence-corrected chi connectivity index (χ3v) is 2.80. The zero-order chi connectivity index (χ0) is 13.1. The van der Waals surface area contributed by atoms with Crippen LogP contribution in [-0.2, 0) is 0 Å². The lowest BCUT2D eigenvalue weighted by molar-refractivity contribution is 0.0993. The molecule has 0 aliphatic rings. The standard InChI is InChI=1S/C13H12ClN3O/c1-17(12-5-6-16-8-11(12)15)13(18)9-3-2-4-10(14)7-9/h2-8H,15H2,1H3. The Labute approximate surface area is 110 Å². The van der Waals surface area contributed by atoms with Crippen molar-refractivity contribution in [1.82, 2.24) is 4.98 Å².